The zero-order valence-electron chi connectivity index (χ0n) is 11.8. The van der Waals surface area contributed by atoms with Gasteiger partial charge in [-0.05, 0) is 59.2 Å². The highest BCUT2D eigenvalue weighted by atomic mass is 79.9. The maximum Gasteiger partial charge on any atom is 0.137 e. The molecule has 0 spiro atoms. The molecule has 0 aromatic heterocycles. The summed E-state index contributed by atoms with van der Waals surface area (Å²) in [6.45, 7) is 0. The molecular weight excluding hydrogens is 357 g/mol. The van der Waals surface area contributed by atoms with Crippen LogP contribution in [0.2, 0.25) is 5.02 Å². The van der Waals surface area contributed by atoms with Crippen LogP contribution < -0.4 is 10.1 Å². The van der Waals surface area contributed by atoms with Gasteiger partial charge in [-0.3, -0.25) is 0 Å². The van der Waals surface area contributed by atoms with Crippen LogP contribution in [-0.2, 0) is 6.42 Å². The van der Waals surface area contributed by atoms with E-state index in [-0.39, 0.29) is 11.9 Å². The first-order valence-corrected chi connectivity index (χ1v) is 7.67. The molecule has 0 saturated carbocycles. The van der Waals surface area contributed by atoms with Gasteiger partial charge in [-0.2, -0.15) is 0 Å². The summed E-state index contributed by atoms with van der Waals surface area (Å²) in [5.74, 6) is 0.479. The first-order chi connectivity index (χ1) is 10.0. The van der Waals surface area contributed by atoms with E-state index < -0.39 is 0 Å². The van der Waals surface area contributed by atoms with E-state index in [2.05, 4.69) is 21.2 Å². The number of ether oxygens (including phenoxy) is 1. The Labute approximate surface area is 137 Å². The van der Waals surface area contributed by atoms with Crippen LogP contribution in [0.15, 0.2) is 40.9 Å². The molecule has 0 saturated heterocycles. The zero-order chi connectivity index (χ0) is 15.4. The molecule has 2 nitrogen and oxygen atoms in total. The minimum Gasteiger partial charge on any atom is -0.496 e. The molecule has 0 aliphatic carbocycles. The fourth-order valence-corrected chi connectivity index (χ4v) is 2.83. The van der Waals surface area contributed by atoms with Crippen molar-refractivity contribution in [3.63, 3.8) is 0 Å². The molecule has 1 unspecified atom stereocenters. The van der Waals surface area contributed by atoms with Crippen LogP contribution in [0.25, 0.3) is 0 Å². The van der Waals surface area contributed by atoms with Crippen LogP contribution in [0.4, 0.5) is 4.39 Å². The Balaban J connectivity index is 2.29. The Morgan fingerprint density at radius 3 is 2.67 bits per heavy atom. The van der Waals surface area contributed by atoms with Crippen LogP contribution in [0.5, 0.6) is 5.75 Å². The normalized spacial score (nSPS) is 12.2. The van der Waals surface area contributed by atoms with Crippen molar-refractivity contribution in [2.24, 2.45) is 0 Å². The van der Waals surface area contributed by atoms with E-state index in [0.29, 0.717) is 15.9 Å². The maximum absolute atomic E-state index is 13.3. The van der Waals surface area contributed by atoms with E-state index in [4.69, 9.17) is 16.3 Å². The fraction of sp³-hybridized carbons (Fsp3) is 0.250. The molecule has 1 atom stereocenters. The number of rotatable bonds is 5. The van der Waals surface area contributed by atoms with E-state index in [9.17, 15) is 4.39 Å². The molecule has 21 heavy (non-hydrogen) atoms. The van der Waals surface area contributed by atoms with Crippen LogP contribution in [-0.4, -0.2) is 14.2 Å². The second kappa shape index (κ2) is 7.25. The van der Waals surface area contributed by atoms with E-state index >= 15 is 0 Å². The third-order valence-electron chi connectivity index (χ3n) is 3.34. The summed E-state index contributed by atoms with van der Waals surface area (Å²) in [7, 11) is 3.51. The predicted octanol–water partition coefficient (Wildman–Crippen LogP) is 4.75. The van der Waals surface area contributed by atoms with E-state index in [0.717, 1.165) is 16.9 Å². The molecule has 1 N–H and O–H groups in total. The molecule has 112 valence electrons. The molecule has 2 rings (SSSR count). The van der Waals surface area contributed by atoms with E-state index in [1.54, 1.807) is 25.3 Å². The molecule has 0 aliphatic rings. The minimum absolute atomic E-state index is 0.0505. The van der Waals surface area contributed by atoms with Gasteiger partial charge in [0.1, 0.15) is 11.6 Å². The third kappa shape index (κ3) is 3.96. The number of nitrogens with one attached hydrogen (secondary N) is 1. The molecule has 0 amide bonds. The Morgan fingerprint density at radius 2 is 2.05 bits per heavy atom. The summed E-state index contributed by atoms with van der Waals surface area (Å²) in [6.07, 6.45) is 0.716. The summed E-state index contributed by atoms with van der Waals surface area (Å²) in [5, 5.41) is 3.90. The average Bonchev–Trinajstić information content (AvgIpc) is 2.48. The van der Waals surface area contributed by atoms with E-state index in [1.165, 1.54) is 6.07 Å². The number of likely N-dealkylation sites (N-methyl/N-ethyl adjacent to an activating group) is 1. The van der Waals surface area contributed by atoms with Gasteiger partial charge >= 0.3 is 0 Å². The summed E-state index contributed by atoms with van der Waals surface area (Å²) in [6, 6.07) is 10.7. The van der Waals surface area contributed by atoms with Gasteiger partial charge in [0.2, 0.25) is 0 Å². The van der Waals surface area contributed by atoms with Crippen LogP contribution in [0.3, 0.4) is 0 Å². The van der Waals surface area contributed by atoms with Crippen molar-refractivity contribution in [1.82, 2.24) is 5.32 Å². The zero-order valence-corrected chi connectivity index (χ0v) is 14.1. The molecule has 5 heteroatoms. The second-order valence-electron chi connectivity index (χ2n) is 4.68. The quantitative estimate of drug-likeness (QED) is 0.817. The SMILES string of the molecule is CNC(Cc1ccc(F)c(Br)c1)c1ccc(Cl)cc1OC. The molecule has 2 aromatic carbocycles. The van der Waals surface area contributed by atoms with Gasteiger partial charge in [-0.25, -0.2) is 4.39 Å². The number of hydrogen-bond acceptors (Lipinski definition) is 2. The van der Waals surface area contributed by atoms with Crippen molar-refractivity contribution in [3.8, 4) is 5.75 Å². The molecular formula is C16H16BrClFNO. The van der Waals surface area contributed by atoms with Gasteiger partial charge in [-0.1, -0.05) is 23.7 Å². The Bertz CT molecular complexity index is 636. The summed E-state index contributed by atoms with van der Waals surface area (Å²) >= 11 is 9.21. The lowest BCUT2D eigenvalue weighted by Crippen LogP contribution is -2.19. The van der Waals surface area contributed by atoms with Crippen LogP contribution in [0, 0.1) is 5.82 Å². The van der Waals surface area contributed by atoms with E-state index in [1.807, 2.05) is 19.2 Å². The Hall–Kier alpha value is -1.10. The van der Waals surface area contributed by atoms with Crippen molar-refractivity contribution in [2.45, 2.75) is 12.5 Å². The molecule has 0 fully saturated rings. The topological polar surface area (TPSA) is 21.3 Å². The Kier molecular flexibility index (Phi) is 5.62. The number of methoxy groups -OCH3 is 1. The highest BCUT2D eigenvalue weighted by Crippen LogP contribution is 2.30. The maximum atomic E-state index is 13.3. The first-order valence-electron chi connectivity index (χ1n) is 6.49. The Morgan fingerprint density at radius 1 is 1.29 bits per heavy atom. The molecule has 0 radical (unpaired) electrons. The minimum atomic E-state index is -0.260. The fourth-order valence-electron chi connectivity index (χ4n) is 2.24. The van der Waals surface area contributed by atoms with Gasteiger partial charge < -0.3 is 10.1 Å². The largest absolute Gasteiger partial charge is 0.496 e. The highest BCUT2D eigenvalue weighted by molar-refractivity contribution is 9.10. The monoisotopic (exact) mass is 371 g/mol. The van der Waals surface area contributed by atoms with Crippen molar-refractivity contribution < 1.29 is 9.13 Å². The molecule has 0 bridgehead atoms. The first kappa shape index (κ1) is 16.3. The van der Waals surface area contributed by atoms with Crippen molar-refractivity contribution in [1.29, 1.82) is 0 Å². The third-order valence-corrected chi connectivity index (χ3v) is 4.19. The summed E-state index contributed by atoms with van der Waals surface area (Å²) in [5.41, 5.74) is 2.05. The van der Waals surface area contributed by atoms with Gasteiger partial charge in [0.25, 0.3) is 0 Å². The highest BCUT2D eigenvalue weighted by Gasteiger charge is 2.16. The lowest BCUT2D eigenvalue weighted by Gasteiger charge is -2.20. The summed E-state index contributed by atoms with van der Waals surface area (Å²) in [4.78, 5) is 0. The van der Waals surface area contributed by atoms with Crippen LogP contribution in [0.1, 0.15) is 17.2 Å². The number of halogens is 3. The number of hydrogen-bond donors (Lipinski definition) is 1. The predicted molar refractivity (Wildman–Crippen MR) is 87.6 cm³/mol. The molecule has 0 heterocycles. The standard InChI is InChI=1S/C16H16BrClFNO/c1-20-15(8-10-3-6-14(19)13(17)7-10)12-5-4-11(18)9-16(12)21-2/h3-7,9,15,20H,8H2,1-2H3. The summed E-state index contributed by atoms with van der Waals surface area (Å²) < 4.78 is 19.2. The van der Waals surface area contributed by atoms with Gasteiger partial charge in [0.15, 0.2) is 0 Å². The van der Waals surface area contributed by atoms with Crippen molar-refractivity contribution in [2.75, 3.05) is 14.2 Å². The van der Waals surface area contributed by atoms with Crippen LogP contribution >= 0.6 is 27.5 Å². The van der Waals surface area contributed by atoms with Gasteiger partial charge in [0.05, 0.1) is 11.6 Å². The van der Waals surface area contributed by atoms with Gasteiger partial charge in [0, 0.05) is 16.6 Å². The van der Waals surface area contributed by atoms with Gasteiger partial charge in [-0.15, -0.1) is 0 Å². The molecule has 2 aromatic rings. The lowest BCUT2D eigenvalue weighted by molar-refractivity contribution is 0.401. The average molecular weight is 373 g/mol. The second-order valence-corrected chi connectivity index (χ2v) is 5.97. The smallest absolute Gasteiger partial charge is 0.137 e. The number of benzene rings is 2. The van der Waals surface area contributed by atoms with Crippen molar-refractivity contribution >= 4 is 27.5 Å². The molecule has 0 aliphatic heterocycles. The lowest BCUT2D eigenvalue weighted by atomic mass is 9.98. The van der Waals surface area contributed by atoms with Crippen molar-refractivity contribution in [3.05, 3.63) is 62.8 Å².